The summed E-state index contributed by atoms with van der Waals surface area (Å²) < 4.78 is 6.52. The summed E-state index contributed by atoms with van der Waals surface area (Å²) in [6.07, 6.45) is 1.47. The lowest BCUT2D eigenvalue weighted by molar-refractivity contribution is 0.0734. The van der Waals surface area contributed by atoms with E-state index >= 15 is 0 Å². The fourth-order valence-electron chi connectivity index (χ4n) is 3.10. The number of hydrogen-bond donors (Lipinski definition) is 1. The average molecular weight is 508 g/mol. The molecule has 0 fully saturated rings. The molecule has 7 heteroatoms. The van der Waals surface area contributed by atoms with Gasteiger partial charge in [0.15, 0.2) is 0 Å². The summed E-state index contributed by atoms with van der Waals surface area (Å²) in [6.45, 7) is 0. The highest BCUT2D eigenvalue weighted by atomic mass is 79.9. The lowest BCUT2D eigenvalue weighted by Gasteiger charge is -2.11. The smallest absolute Gasteiger partial charge is 0.345 e. The van der Waals surface area contributed by atoms with Crippen LogP contribution in [0.3, 0.4) is 0 Å². The largest absolute Gasteiger partial charge is 0.422 e. The molecule has 4 aromatic rings. The Morgan fingerprint density at radius 1 is 0.906 bits per heavy atom. The van der Waals surface area contributed by atoms with Crippen molar-refractivity contribution >= 4 is 56.4 Å². The van der Waals surface area contributed by atoms with E-state index in [1.807, 2.05) is 30.3 Å². The first-order valence-corrected chi connectivity index (χ1v) is 10.8. The number of nitrogens with one attached hydrogen (secondary N) is 1. The standard InChI is InChI=1S/C25H16BrClN2O3/c26-18-12-9-17(10-13-18)24(30)29-28-15-21-19-6-2-1-5-16(19)11-14-23(21)32-25(31)20-7-3-4-8-22(20)27/h1-15H,(H,29,30)/b28-15+. The maximum Gasteiger partial charge on any atom is 0.345 e. The molecule has 0 atom stereocenters. The molecule has 0 radical (unpaired) electrons. The normalized spacial score (nSPS) is 10.9. The van der Waals surface area contributed by atoms with Crippen LogP contribution in [0.4, 0.5) is 0 Å². The Balaban J connectivity index is 1.63. The molecule has 0 saturated heterocycles. The number of nitrogens with zero attached hydrogens (tertiary/aromatic N) is 1. The maximum absolute atomic E-state index is 12.7. The lowest BCUT2D eigenvalue weighted by atomic mass is 10.0. The van der Waals surface area contributed by atoms with Crippen LogP contribution in [0.5, 0.6) is 5.75 Å². The van der Waals surface area contributed by atoms with Gasteiger partial charge in [0, 0.05) is 15.6 Å². The second-order valence-corrected chi connectivity index (χ2v) is 8.10. The molecule has 0 aliphatic heterocycles. The fourth-order valence-corrected chi connectivity index (χ4v) is 3.58. The van der Waals surface area contributed by atoms with Gasteiger partial charge in [-0.15, -0.1) is 0 Å². The molecule has 0 bridgehead atoms. The van der Waals surface area contributed by atoms with Crippen molar-refractivity contribution in [3.8, 4) is 5.75 Å². The highest BCUT2D eigenvalue weighted by Gasteiger charge is 2.16. The third-order valence-corrected chi connectivity index (χ3v) is 5.55. The molecule has 0 aliphatic rings. The monoisotopic (exact) mass is 506 g/mol. The summed E-state index contributed by atoms with van der Waals surface area (Å²) in [6, 6.07) is 24.7. The van der Waals surface area contributed by atoms with Gasteiger partial charge in [-0.25, -0.2) is 10.2 Å². The van der Waals surface area contributed by atoms with Crippen LogP contribution in [0.15, 0.2) is 94.5 Å². The number of amides is 1. The van der Waals surface area contributed by atoms with Gasteiger partial charge in [0.05, 0.1) is 16.8 Å². The van der Waals surface area contributed by atoms with Gasteiger partial charge in [0.2, 0.25) is 0 Å². The minimum absolute atomic E-state index is 0.258. The lowest BCUT2D eigenvalue weighted by Crippen LogP contribution is -2.17. The Hall–Kier alpha value is -3.48. The van der Waals surface area contributed by atoms with Crippen LogP contribution in [0, 0.1) is 0 Å². The number of fused-ring (bicyclic) bond motifs is 1. The molecule has 1 N–H and O–H groups in total. The highest BCUT2D eigenvalue weighted by molar-refractivity contribution is 9.10. The van der Waals surface area contributed by atoms with Crippen molar-refractivity contribution in [3.63, 3.8) is 0 Å². The third-order valence-electron chi connectivity index (χ3n) is 4.69. The number of benzene rings is 4. The van der Waals surface area contributed by atoms with Crippen LogP contribution in [0.25, 0.3) is 10.8 Å². The Bertz CT molecular complexity index is 1340. The molecule has 158 valence electrons. The number of rotatable bonds is 5. The van der Waals surface area contributed by atoms with E-state index in [1.54, 1.807) is 54.6 Å². The summed E-state index contributed by atoms with van der Waals surface area (Å²) in [5.74, 6) is -0.640. The molecule has 5 nitrogen and oxygen atoms in total. The van der Waals surface area contributed by atoms with E-state index < -0.39 is 5.97 Å². The Morgan fingerprint density at radius 3 is 2.41 bits per heavy atom. The van der Waals surface area contributed by atoms with Gasteiger partial charge in [0.1, 0.15) is 5.75 Å². The molecular weight excluding hydrogens is 492 g/mol. The maximum atomic E-state index is 12.7. The first-order chi connectivity index (χ1) is 15.5. The molecule has 0 saturated carbocycles. The topological polar surface area (TPSA) is 67.8 Å². The van der Waals surface area contributed by atoms with E-state index in [0.717, 1.165) is 15.2 Å². The van der Waals surface area contributed by atoms with Crippen molar-refractivity contribution in [1.82, 2.24) is 5.43 Å². The summed E-state index contributed by atoms with van der Waals surface area (Å²) in [5, 5.41) is 6.15. The second-order valence-electron chi connectivity index (χ2n) is 6.77. The van der Waals surface area contributed by atoms with E-state index in [1.165, 1.54) is 6.21 Å². The molecular formula is C25H16BrClN2O3. The number of carbonyl (C=O) groups is 2. The van der Waals surface area contributed by atoms with Crippen molar-refractivity contribution in [2.45, 2.75) is 0 Å². The molecule has 32 heavy (non-hydrogen) atoms. The number of hydrogen-bond acceptors (Lipinski definition) is 4. The first kappa shape index (κ1) is 21.7. The second kappa shape index (κ2) is 9.77. The highest BCUT2D eigenvalue weighted by Crippen LogP contribution is 2.28. The molecule has 0 unspecified atom stereocenters. The summed E-state index contributed by atoms with van der Waals surface area (Å²) in [4.78, 5) is 25.0. The quantitative estimate of drug-likeness (QED) is 0.150. The van der Waals surface area contributed by atoms with E-state index in [0.29, 0.717) is 21.9 Å². The minimum Gasteiger partial charge on any atom is -0.422 e. The van der Waals surface area contributed by atoms with Crippen LogP contribution in [0.1, 0.15) is 26.3 Å². The van der Waals surface area contributed by atoms with Crippen LogP contribution >= 0.6 is 27.5 Å². The summed E-state index contributed by atoms with van der Waals surface area (Å²) in [7, 11) is 0. The van der Waals surface area contributed by atoms with Crippen LogP contribution in [0.2, 0.25) is 5.02 Å². The third kappa shape index (κ3) is 4.88. The Labute approximate surface area is 197 Å². The zero-order valence-corrected chi connectivity index (χ0v) is 18.9. The number of hydrazone groups is 1. The Kier molecular flexibility index (Phi) is 6.63. The number of esters is 1. The molecule has 4 aromatic carbocycles. The van der Waals surface area contributed by atoms with E-state index in [4.69, 9.17) is 16.3 Å². The Morgan fingerprint density at radius 2 is 1.62 bits per heavy atom. The van der Waals surface area contributed by atoms with Gasteiger partial charge < -0.3 is 4.74 Å². The number of ether oxygens (including phenoxy) is 1. The van der Waals surface area contributed by atoms with Gasteiger partial charge in [-0.3, -0.25) is 4.79 Å². The average Bonchev–Trinajstić information content (AvgIpc) is 2.80. The van der Waals surface area contributed by atoms with E-state index in [-0.39, 0.29) is 11.5 Å². The van der Waals surface area contributed by atoms with Gasteiger partial charge >= 0.3 is 5.97 Å². The van der Waals surface area contributed by atoms with E-state index in [9.17, 15) is 9.59 Å². The summed E-state index contributed by atoms with van der Waals surface area (Å²) in [5.41, 5.74) is 3.79. The zero-order chi connectivity index (χ0) is 22.5. The van der Waals surface area contributed by atoms with Crippen molar-refractivity contribution in [1.29, 1.82) is 0 Å². The molecule has 0 spiro atoms. The SMILES string of the molecule is O=C(N/N=C/c1c(OC(=O)c2ccccc2Cl)ccc2ccccc12)c1ccc(Br)cc1. The molecule has 0 aromatic heterocycles. The van der Waals surface area contributed by atoms with Gasteiger partial charge in [-0.1, -0.05) is 70.0 Å². The van der Waals surface area contributed by atoms with Crippen molar-refractivity contribution < 1.29 is 14.3 Å². The van der Waals surface area contributed by atoms with Gasteiger partial charge in [0.25, 0.3) is 5.91 Å². The molecule has 0 heterocycles. The molecule has 4 rings (SSSR count). The predicted octanol–water partition coefficient (Wildman–Crippen LogP) is 6.24. The van der Waals surface area contributed by atoms with Gasteiger partial charge in [-0.2, -0.15) is 5.10 Å². The predicted molar refractivity (Wildman–Crippen MR) is 130 cm³/mol. The minimum atomic E-state index is -0.584. The first-order valence-electron chi connectivity index (χ1n) is 9.60. The zero-order valence-electron chi connectivity index (χ0n) is 16.6. The van der Waals surface area contributed by atoms with E-state index in [2.05, 4.69) is 26.5 Å². The molecule has 0 aliphatic carbocycles. The van der Waals surface area contributed by atoms with Crippen LogP contribution < -0.4 is 10.2 Å². The van der Waals surface area contributed by atoms with Crippen molar-refractivity contribution in [3.05, 3.63) is 111 Å². The number of carbonyl (C=O) groups excluding carboxylic acids is 2. The van der Waals surface area contributed by atoms with Gasteiger partial charge in [-0.05, 0) is 53.2 Å². The molecule has 1 amide bonds. The van der Waals surface area contributed by atoms with Crippen molar-refractivity contribution in [2.24, 2.45) is 5.10 Å². The fraction of sp³-hybridized carbons (Fsp3) is 0. The van der Waals surface area contributed by atoms with Crippen molar-refractivity contribution in [2.75, 3.05) is 0 Å². The summed E-state index contributed by atoms with van der Waals surface area (Å²) >= 11 is 9.47. The number of halogens is 2. The van der Waals surface area contributed by atoms with Crippen LogP contribution in [-0.4, -0.2) is 18.1 Å². The van der Waals surface area contributed by atoms with Crippen LogP contribution in [-0.2, 0) is 0 Å².